The molecule has 0 radical (unpaired) electrons. The lowest BCUT2D eigenvalue weighted by Gasteiger charge is -2.18. The summed E-state index contributed by atoms with van der Waals surface area (Å²) in [4.78, 5) is 23.4. The summed E-state index contributed by atoms with van der Waals surface area (Å²) in [5.74, 6) is 0.595. The Balaban J connectivity index is 1.65. The molecular weight excluding hydrogens is 498 g/mol. The Bertz CT molecular complexity index is 1340. The maximum absolute atomic E-state index is 13.4. The van der Waals surface area contributed by atoms with Crippen LogP contribution in [-0.4, -0.2) is 49.3 Å². The number of para-hydroxylation sites is 1. The van der Waals surface area contributed by atoms with Gasteiger partial charge in [-0.3, -0.25) is 14.2 Å². The summed E-state index contributed by atoms with van der Waals surface area (Å²) >= 11 is 1.10. The molecule has 0 atom stereocenters. The predicted octanol–water partition coefficient (Wildman–Crippen LogP) is 2.58. The molecule has 0 unspecified atom stereocenters. The normalized spacial score (nSPS) is 14.8. The first-order valence-corrected chi connectivity index (χ1v) is 12.2. The Morgan fingerprint density at radius 2 is 1.86 bits per heavy atom. The number of methoxy groups -OCH3 is 3. The van der Waals surface area contributed by atoms with Gasteiger partial charge in [-0.1, -0.05) is 34.6 Å². The number of benzene rings is 2. The molecule has 11 nitrogen and oxygen atoms in total. The topological polar surface area (TPSA) is 126 Å². The van der Waals surface area contributed by atoms with Gasteiger partial charge in [0, 0.05) is 5.75 Å². The molecule has 1 amide bonds. The molecule has 4 rings (SSSR count). The molecule has 0 fully saturated rings. The van der Waals surface area contributed by atoms with Crippen molar-refractivity contribution in [2.75, 3.05) is 32.0 Å². The first-order chi connectivity index (χ1) is 18.0. The minimum absolute atomic E-state index is 0.0558. The average Bonchev–Trinajstić information content (AvgIpc) is 3.50. The molecular formula is C25H25N5O6S. The minimum atomic E-state index is -0.449. The number of aromatic nitrogens is 2. The van der Waals surface area contributed by atoms with Gasteiger partial charge in [-0.25, -0.2) is 9.98 Å². The largest absolute Gasteiger partial charge is 0.861 e. The SMILES string of the molecule is CC[n+]1cc(/N=C(/[O-])CSC2=N/C(=C/c3cc(OC)c(OC)c(OC)c3)C(=O)N2c2ccccc2)on1. The molecule has 0 spiro atoms. The van der Waals surface area contributed by atoms with E-state index in [2.05, 4.69) is 15.3 Å². The smallest absolute Gasteiger partial charge is 0.320 e. The van der Waals surface area contributed by atoms with Crippen molar-refractivity contribution in [3.05, 3.63) is 59.9 Å². The van der Waals surface area contributed by atoms with Gasteiger partial charge in [0.25, 0.3) is 12.1 Å². The molecule has 1 aromatic heterocycles. The Kier molecular flexibility index (Phi) is 8.08. The van der Waals surface area contributed by atoms with Gasteiger partial charge < -0.3 is 19.3 Å². The number of aliphatic imine (C=N–C) groups is 2. The van der Waals surface area contributed by atoms with Crippen LogP contribution < -0.4 is 28.9 Å². The molecule has 3 aromatic rings. The first-order valence-electron chi connectivity index (χ1n) is 11.2. The second-order valence-corrected chi connectivity index (χ2v) is 8.49. The molecule has 1 aliphatic heterocycles. The van der Waals surface area contributed by atoms with E-state index in [9.17, 15) is 9.90 Å². The molecule has 0 saturated carbocycles. The van der Waals surface area contributed by atoms with Gasteiger partial charge in [0.15, 0.2) is 23.2 Å². The second kappa shape index (κ2) is 11.6. The van der Waals surface area contributed by atoms with Gasteiger partial charge in [-0.05, 0) is 48.7 Å². The molecule has 0 N–H and O–H groups in total. The number of aryl methyl sites for hydroxylation is 1. The van der Waals surface area contributed by atoms with Crippen molar-refractivity contribution in [3.8, 4) is 17.2 Å². The van der Waals surface area contributed by atoms with Crippen LogP contribution in [0.15, 0.2) is 68.9 Å². The number of amides is 1. The highest BCUT2D eigenvalue weighted by atomic mass is 32.2. The highest BCUT2D eigenvalue weighted by molar-refractivity contribution is 8.14. The first kappa shape index (κ1) is 25.8. The van der Waals surface area contributed by atoms with E-state index in [1.165, 1.54) is 37.1 Å². The Hall–Kier alpha value is -4.32. The van der Waals surface area contributed by atoms with Crippen LogP contribution in [-0.2, 0) is 11.3 Å². The molecule has 1 aliphatic rings. The fraction of sp³-hybridized carbons (Fsp3) is 0.240. The van der Waals surface area contributed by atoms with Crippen LogP contribution >= 0.6 is 11.8 Å². The van der Waals surface area contributed by atoms with E-state index in [1.807, 2.05) is 25.1 Å². The number of rotatable bonds is 9. The molecule has 2 heterocycles. The summed E-state index contributed by atoms with van der Waals surface area (Å²) in [6, 6.07) is 12.5. The molecule has 192 valence electrons. The van der Waals surface area contributed by atoms with E-state index in [0.29, 0.717) is 40.2 Å². The summed E-state index contributed by atoms with van der Waals surface area (Å²) < 4.78 is 22.7. The number of hydrogen-bond donors (Lipinski definition) is 0. The number of ether oxygens (including phenoxy) is 3. The van der Waals surface area contributed by atoms with Gasteiger partial charge in [0.1, 0.15) is 5.70 Å². The highest BCUT2D eigenvalue weighted by Crippen LogP contribution is 2.39. The Morgan fingerprint density at radius 3 is 2.46 bits per heavy atom. The van der Waals surface area contributed by atoms with Gasteiger partial charge in [0.2, 0.25) is 11.0 Å². The number of carbonyl (C=O) groups is 1. The second-order valence-electron chi connectivity index (χ2n) is 7.55. The van der Waals surface area contributed by atoms with Crippen LogP contribution in [0.1, 0.15) is 12.5 Å². The number of amidine groups is 1. The van der Waals surface area contributed by atoms with Crippen molar-refractivity contribution in [3.63, 3.8) is 0 Å². The minimum Gasteiger partial charge on any atom is -0.861 e. The van der Waals surface area contributed by atoms with Gasteiger partial charge >= 0.3 is 5.88 Å². The molecule has 2 aromatic carbocycles. The van der Waals surface area contributed by atoms with Crippen molar-refractivity contribution >= 4 is 46.4 Å². The maximum Gasteiger partial charge on any atom is 0.320 e. The zero-order valence-electron chi connectivity index (χ0n) is 20.7. The third-order valence-corrected chi connectivity index (χ3v) is 6.14. The summed E-state index contributed by atoms with van der Waals surface area (Å²) in [5.41, 5.74) is 1.43. The van der Waals surface area contributed by atoms with E-state index in [4.69, 9.17) is 18.7 Å². The van der Waals surface area contributed by atoms with E-state index >= 15 is 0 Å². The van der Waals surface area contributed by atoms with Crippen LogP contribution in [0, 0.1) is 0 Å². The van der Waals surface area contributed by atoms with Crippen LogP contribution in [0.25, 0.3) is 6.08 Å². The lowest BCUT2D eigenvalue weighted by Crippen LogP contribution is -2.32. The van der Waals surface area contributed by atoms with Crippen molar-refractivity contribution in [2.45, 2.75) is 13.5 Å². The van der Waals surface area contributed by atoms with Crippen LogP contribution in [0.4, 0.5) is 11.6 Å². The van der Waals surface area contributed by atoms with Crippen LogP contribution in [0.3, 0.4) is 0 Å². The molecule has 12 heteroatoms. The fourth-order valence-corrected chi connectivity index (χ4v) is 4.29. The fourth-order valence-electron chi connectivity index (χ4n) is 3.49. The molecule has 0 bridgehead atoms. The van der Waals surface area contributed by atoms with Crippen LogP contribution in [0.5, 0.6) is 17.2 Å². The zero-order valence-corrected chi connectivity index (χ0v) is 21.5. The van der Waals surface area contributed by atoms with E-state index in [-0.39, 0.29) is 23.2 Å². The van der Waals surface area contributed by atoms with Crippen molar-refractivity contribution < 1.29 is 33.3 Å². The third kappa shape index (κ3) is 5.75. The number of anilines is 1. The van der Waals surface area contributed by atoms with Crippen molar-refractivity contribution in [1.29, 1.82) is 0 Å². The van der Waals surface area contributed by atoms with Crippen LogP contribution in [0.2, 0.25) is 0 Å². The average molecular weight is 524 g/mol. The third-order valence-electron chi connectivity index (χ3n) is 5.22. The van der Waals surface area contributed by atoms with Gasteiger partial charge in [-0.2, -0.15) is 0 Å². The van der Waals surface area contributed by atoms with Gasteiger partial charge in [0.05, 0.1) is 27.0 Å². The van der Waals surface area contributed by atoms with E-state index in [1.54, 1.807) is 30.3 Å². The number of thioether (sulfide) groups is 1. The number of carbonyl (C=O) groups excluding carboxylic acids is 1. The standard InChI is InChI=1S/C25H25N5O6S/c1-5-29-14-22(36-28-29)27-21(31)15-37-25-26-18(24(32)30(25)17-9-7-6-8-10-17)11-16-12-19(33-2)23(35-4)20(13-16)34-3/h6-14H,5,15H2,1-4H3/b18-11+. The monoisotopic (exact) mass is 523 g/mol. The zero-order chi connectivity index (χ0) is 26.4. The molecule has 37 heavy (non-hydrogen) atoms. The molecule has 0 saturated heterocycles. The predicted molar refractivity (Wildman–Crippen MR) is 137 cm³/mol. The van der Waals surface area contributed by atoms with Crippen molar-refractivity contribution in [1.82, 2.24) is 5.27 Å². The number of nitrogens with zero attached hydrogens (tertiary/aromatic N) is 5. The Morgan fingerprint density at radius 1 is 1.16 bits per heavy atom. The van der Waals surface area contributed by atoms with E-state index in [0.717, 1.165) is 11.8 Å². The summed E-state index contributed by atoms with van der Waals surface area (Å²) in [6.07, 6.45) is 3.16. The van der Waals surface area contributed by atoms with Gasteiger partial charge in [-0.15, -0.1) is 0 Å². The summed E-state index contributed by atoms with van der Waals surface area (Å²) in [6.45, 7) is 2.48. The highest BCUT2D eigenvalue weighted by Gasteiger charge is 2.32. The Labute approximate surface area is 217 Å². The van der Waals surface area contributed by atoms with E-state index < -0.39 is 5.90 Å². The lowest BCUT2D eigenvalue weighted by molar-refractivity contribution is -0.759. The lowest BCUT2D eigenvalue weighted by atomic mass is 10.1. The maximum atomic E-state index is 13.4. The summed E-state index contributed by atoms with van der Waals surface area (Å²) in [7, 11) is 4.55. The quantitative estimate of drug-likeness (QED) is 0.181. The summed E-state index contributed by atoms with van der Waals surface area (Å²) in [5, 5.41) is 16.6. The number of hydrogen-bond acceptors (Lipinski definition) is 10. The van der Waals surface area contributed by atoms with Crippen molar-refractivity contribution in [2.24, 2.45) is 9.98 Å². The molecule has 0 aliphatic carbocycles.